The van der Waals surface area contributed by atoms with E-state index in [-0.39, 0.29) is 34.2 Å². The van der Waals surface area contributed by atoms with E-state index in [1.807, 2.05) is 121 Å². The number of amides is 2. The van der Waals surface area contributed by atoms with Crippen LogP contribution in [0.5, 0.6) is 5.75 Å². The van der Waals surface area contributed by atoms with Crippen molar-refractivity contribution in [2.24, 2.45) is 5.16 Å². The number of hydrogen-bond donors (Lipinski definition) is 2. The molecule has 15 heteroatoms. The monoisotopic (exact) mass is 846 g/mol. The molecule has 0 aliphatic heterocycles. The zero-order valence-electron chi connectivity index (χ0n) is 33.4. The van der Waals surface area contributed by atoms with Crippen molar-refractivity contribution in [3.63, 3.8) is 0 Å². The molecule has 13 nitrogen and oxygen atoms in total. The smallest absolute Gasteiger partial charge is 0.413 e. The van der Waals surface area contributed by atoms with Crippen molar-refractivity contribution in [3.05, 3.63) is 178 Å². The largest absolute Gasteiger partial charge is 0.465 e. The standard InChI is InChI=1S/C45H42N4O9S2/c1-44(2,3)56-43(52)48-42-46-36(29-59-42)38(49-58-45(32-20-12-7-13-21-32,33-22-14-8-15-23-33)34-24-16-9-17-25-34)40(50)47-37-31(28-30-18-10-6-11-19-30)26-27-35(41(51)55-4)39(37)57-60(5,53)54/h6-27,29H,28H2,1-5H3,(H,47,50)(H,46,48,52)/b49-38-. The van der Waals surface area contributed by atoms with Gasteiger partial charge in [0.25, 0.3) is 5.91 Å². The summed E-state index contributed by atoms with van der Waals surface area (Å²) in [5.41, 5.74) is 0.172. The summed E-state index contributed by atoms with van der Waals surface area (Å²) in [7, 11) is -3.15. The van der Waals surface area contributed by atoms with Crippen LogP contribution in [0.1, 0.15) is 64.6 Å². The number of hydrogen-bond acceptors (Lipinski definition) is 12. The van der Waals surface area contributed by atoms with E-state index in [9.17, 15) is 22.8 Å². The molecule has 6 rings (SSSR count). The van der Waals surface area contributed by atoms with Crippen molar-refractivity contribution >= 4 is 56.0 Å². The average molecular weight is 847 g/mol. The molecule has 0 spiro atoms. The Labute approximate surface area is 352 Å². The van der Waals surface area contributed by atoms with Gasteiger partial charge >= 0.3 is 22.2 Å². The van der Waals surface area contributed by atoms with Crippen LogP contribution in [0.2, 0.25) is 0 Å². The average Bonchev–Trinajstić information content (AvgIpc) is 3.68. The first-order chi connectivity index (χ1) is 28.7. The van der Waals surface area contributed by atoms with Gasteiger partial charge in [0.15, 0.2) is 16.6 Å². The molecule has 60 heavy (non-hydrogen) atoms. The fourth-order valence-electron chi connectivity index (χ4n) is 6.23. The van der Waals surface area contributed by atoms with Gasteiger partial charge < -0.3 is 23.8 Å². The van der Waals surface area contributed by atoms with Gasteiger partial charge in [-0.05, 0) is 44.4 Å². The van der Waals surface area contributed by atoms with Gasteiger partial charge in [-0.1, -0.05) is 133 Å². The number of ether oxygens (including phenoxy) is 2. The number of nitrogens with one attached hydrogen (secondary N) is 2. The van der Waals surface area contributed by atoms with Gasteiger partial charge in [0.05, 0.1) is 19.1 Å². The first kappa shape index (κ1) is 42.8. The van der Waals surface area contributed by atoms with E-state index in [1.165, 1.54) is 11.4 Å². The van der Waals surface area contributed by atoms with E-state index < -0.39 is 45.0 Å². The van der Waals surface area contributed by atoms with Gasteiger partial charge in [-0.15, -0.1) is 11.3 Å². The summed E-state index contributed by atoms with van der Waals surface area (Å²) >= 11 is 0.999. The highest BCUT2D eigenvalue weighted by atomic mass is 32.2. The van der Waals surface area contributed by atoms with E-state index >= 15 is 0 Å². The Bertz CT molecular complexity index is 2500. The first-order valence-corrected chi connectivity index (χ1v) is 21.2. The van der Waals surface area contributed by atoms with Gasteiger partial charge in [0.2, 0.25) is 5.60 Å². The third-order valence-electron chi connectivity index (χ3n) is 8.74. The number of benzene rings is 5. The zero-order chi connectivity index (χ0) is 42.9. The highest BCUT2D eigenvalue weighted by molar-refractivity contribution is 7.86. The molecule has 0 saturated heterocycles. The van der Waals surface area contributed by atoms with Crippen LogP contribution in [0.25, 0.3) is 0 Å². The number of methoxy groups -OCH3 is 1. The lowest BCUT2D eigenvalue weighted by Gasteiger charge is -2.33. The van der Waals surface area contributed by atoms with Crippen molar-refractivity contribution < 1.29 is 41.3 Å². The normalized spacial score (nSPS) is 11.9. The van der Waals surface area contributed by atoms with Crippen molar-refractivity contribution in [2.45, 2.75) is 38.4 Å². The maximum atomic E-state index is 14.9. The van der Waals surface area contributed by atoms with Crippen molar-refractivity contribution in [1.82, 2.24) is 4.98 Å². The number of anilines is 2. The number of aromatic nitrogens is 1. The number of oxime groups is 1. The lowest BCUT2D eigenvalue weighted by atomic mass is 9.80. The van der Waals surface area contributed by atoms with Crippen LogP contribution in [0, 0.1) is 0 Å². The van der Waals surface area contributed by atoms with Crippen molar-refractivity contribution in [3.8, 4) is 5.75 Å². The Morgan fingerprint density at radius 1 is 0.750 bits per heavy atom. The summed E-state index contributed by atoms with van der Waals surface area (Å²) in [6.07, 6.45) is 0.224. The Balaban J connectivity index is 1.55. The summed E-state index contributed by atoms with van der Waals surface area (Å²) < 4.78 is 41.3. The molecule has 1 heterocycles. The summed E-state index contributed by atoms with van der Waals surface area (Å²) in [6.45, 7) is 5.15. The maximum absolute atomic E-state index is 14.9. The molecule has 2 N–H and O–H groups in total. The molecule has 0 aliphatic carbocycles. The van der Waals surface area contributed by atoms with E-state index in [0.717, 1.165) is 30.3 Å². The van der Waals surface area contributed by atoms with Crippen molar-refractivity contribution in [1.29, 1.82) is 0 Å². The number of esters is 1. The molecular formula is C45H42N4O9S2. The SMILES string of the molecule is COC(=O)c1ccc(Cc2ccccc2)c(NC(=O)/C(=N\OC(c2ccccc2)(c2ccccc2)c2ccccc2)c2csc(NC(=O)OC(C)(C)C)n2)c1OS(C)(=O)=O. The van der Waals surface area contributed by atoms with Crippen LogP contribution in [0.15, 0.2) is 144 Å². The minimum atomic E-state index is -4.28. The van der Waals surface area contributed by atoms with Crippen LogP contribution in [0.4, 0.5) is 15.6 Å². The van der Waals surface area contributed by atoms with Gasteiger partial charge in [0.1, 0.15) is 16.9 Å². The Morgan fingerprint density at radius 2 is 1.28 bits per heavy atom. The summed E-state index contributed by atoms with van der Waals surface area (Å²) in [4.78, 5) is 52.0. The van der Waals surface area contributed by atoms with Gasteiger partial charge in [-0.25, -0.2) is 14.6 Å². The molecule has 2 amide bonds. The molecule has 6 aromatic rings. The van der Waals surface area contributed by atoms with Gasteiger partial charge in [-0.3, -0.25) is 10.1 Å². The van der Waals surface area contributed by atoms with E-state index in [1.54, 1.807) is 26.8 Å². The van der Waals surface area contributed by atoms with Crippen molar-refractivity contribution in [2.75, 3.05) is 24.0 Å². The van der Waals surface area contributed by atoms with Gasteiger partial charge in [0, 0.05) is 22.1 Å². The third kappa shape index (κ3) is 10.4. The highest BCUT2D eigenvalue weighted by Crippen LogP contribution is 2.41. The van der Waals surface area contributed by atoms with Crippen LogP contribution in [0.3, 0.4) is 0 Å². The summed E-state index contributed by atoms with van der Waals surface area (Å²) in [6, 6.07) is 40.2. The molecule has 0 atom stereocenters. The molecule has 1 aromatic heterocycles. The van der Waals surface area contributed by atoms with E-state index in [0.29, 0.717) is 22.3 Å². The number of carbonyl (C=O) groups is 3. The second-order valence-electron chi connectivity index (χ2n) is 14.3. The molecule has 0 radical (unpaired) electrons. The number of nitrogens with zero attached hydrogens (tertiary/aromatic N) is 2. The fourth-order valence-corrected chi connectivity index (χ4v) is 7.39. The Kier molecular flexibility index (Phi) is 13.1. The quantitative estimate of drug-likeness (QED) is 0.0356. The number of carbonyl (C=O) groups excluding carboxylic acids is 3. The second kappa shape index (κ2) is 18.4. The van der Waals surface area contributed by atoms with Crippen LogP contribution in [-0.2, 0) is 41.2 Å². The zero-order valence-corrected chi connectivity index (χ0v) is 35.0. The molecule has 0 unspecified atom stereocenters. The summed E-state index contributed by atoms with van der Waals surface area (Å²) in [5, 5.41) is 11.5. The Morgan fingerprint density at radius 3 is 1.78 bits per heavy atom. The minimum absolute atomic E-state index is 0.0223. The highest BCUT2D eigenvalue weighted by Gasteiger charge is 2.40. The number of rotatable bonds is 14. The third-order valence-corrected chi connectivity index (χ3v) is 9.97. The van der Waals surface area contributed by atoms with Crippen LogP contribution < -0.4 is 14.8 Å². The molecule has 0 aliphatic rings. The molecule has 0 saturated carbocycles. The van der Waals surface area contributed by atoms with Gasteiger partial charge in [-0.2, -0.15) is 8.42 Å². The summed E-state index contributed by atoms with van der Waals surface area (Å²) in [5.74, 6) is -2.31. The molecule has 5 aromatic carbocycles. The lowest BCUT2D eigenvalue weighted by molar-refractivity contribution is -0.110. The lowest BCUT2D eigenvalue weighted by Crippen LogP contribution is -2.33. The van der Waals surface area contributed by atoms with Crippen LogP contribution >= 0.6 is 11.3 Å². The second-order valence-corrected chi connectivity index (χ2v) is 16.8. The topological polar surface area (TPSA) is 172 Å². The fraction of sp³-hybridized carbons (Fsp3) is 0.178. The molecule has 0 fully saturated rings. The van der Waals surface area contributed by atoms with Crippen LogP contribution in [-0.4, -0.2) is 56.0 Å². The predicted molar refractivity (Wildman–Crippen MR) is 230 cm³/mol. The number of thiazole rings is 1. The maximum Gasteiger partial charge on any atom is 0.413 e. The predicted octanol–water partition coefficient (Wildman–Crippen LogP) is 8.56. The first-order valence-electron chi connectivity index (χ1n) is 18.5. The molecular weight excluding hydrogens is 805 g/mol. The molecule has 308 valence electrons. The molecule has 0 bridgehead atoms. The van der Waals surface area contributed by atoms with E-state index in [4.69, 9.17) is 18.5 Å². The Hall–Kier alpha value is -6.84. The van der Waals surface area contributed by atoms with E-state index in [2.05, 4.69) is 20.8 Å². The minimum Gasteiger partial charge on any atom is -0.465 e.